The number of carbonyl (C=O) groups excluding carboxylic acids is 1. The van der Waals surface area contributed by atoms with Crippen molar-refractivity contribution in [3.63, 3.8) is 0 Å². The van der Waals surface area contributed by atoms with Gasteiger partial charge < -0.3 is 15.2 Å². The van der Waals surface area contributed by atoms with E-state index in [1.807, 2.05) is 73.1 Å². The van der Waals surface area contributed by atoms with Gasteiger partial charge in [-0.15, -0.1) is 10.2 Å². The summed E-state index contributed by atoms with van der Waals surface area (Å²) in [5, 5.41) is 14.4. The fraction of sp³-hybridized carbons (Fsp3) is 0.250. The van der Waals surface area contributed by atoms with Gasteiger partial charge in [-0.2, -0.15) is 0 Å². The van der Waals surface area contributed by atoms with Crippen LogP contribution in [-0.4, -0.2) is 20.8 Å². The minimum absolute atomic E-state index is 0.277. The lowest BCUT2D eigenvalue weighted by molar-refractivity contribution is 0.249. The van der Waals surface area contributed by atoms with E-state index in [0.29, 0.717) is 5.82 Å². The maximum atomic E-state index is 12.7. The number of aryl methyl sites for hydroxylation is 2. The number of para-hydroxylation sites is 1. The predicted molar refractivity (Wildman–Crippen MR) is 102 cm³/mol. The summed E-state index contributed by atoms with van der Waals surface area (Å²) in [6, 6.07) is 16.9. The van der Waals surface area contributed by atoms with Crippen molar-refractivity contribution >= 4 is 11.7 Å². The average Bonchev–Trinajstić information content (AvgIpc) is 3.00. The predicted octanol–water partition coefficient (Wildman–Crippen LogP) is 3.60. The molecule has 0 fully saturated rings. The Bertz CT molecular complexity index is 888. The number of aromatic nitrogens is 3. The third-order valence-corrected chi connectivity index (χ3v) is 4.44. The lowest BCUT2D eigenvalue weighted by Crippen LogP contribution is -2.34. The van der Waals surface area contributed by atoms with E-state index >= 15 is 0 Å². The molecule has 3 rings (SSSR count). The van der Waals surface area contributed by atoms with Gasteiger partial charge >= 0.3 is 6.03 Å². The number of nitrogens with zero attached hydrogens (tertiary/aromatic N) is 3. The number of amides is 2. The third-order valence-electron chi connectivity index (χ3n) is 4.44. The number of rotatable bonds is 5. The van der Waals surface area contributed by atoms with E-state index < -0.39 is 6.04 Å². The lowest BCUT2D eigenvalue weighted by Gasteiger charge is -2.19. The molecule has 2 aromatic carbocycles. The molecule has 1 atom stereocenters. The summed E-state index contributed by atoms with van der Waals surface area (Å²) >= 11 is 0. The van der Waals surface area contributed by atoms with Gasteiger partial charge in [0.05, 0.1) is 0 Å². The molecule has 0 saturated carbocycles. The molecule has 0 radical (unpaired) electrons. The molecule has 0 saturated heterocycles. The molecule has 1 heterocycles. The van der Waals surface area contributed by atoms with Gasteiger partial charge in [-0.3, -0.25) is 0 Å². The quantitative estimate of drug-likeness (QED) is 0.739. The van der Waals surface area contributed by atoms with E-state index in [1.54, 1.807) is 0 Å². The number of urea groups is 1. The number of carbonyl (C=O) groups is 1. The van der Waals surface area contributed by atoms with Crippen molar-refractivity contribution in [2.45, 2.75) is 26.3 Å². The zero-order valence-electron chi connectivity index (χ0n) is 15.2. The molecule has 0 bridgehead atoms. The summed E-state index contributed by atoms with van der Waals surface area (Å²) in [6.07, 6.45) is 0.848. The molecule has 3 aromatic rings. The third kappa shape index (κ3) is 3.74. The summed E-state index contributed by atoms with van der Waals surface area (Å²) in [7, 11) is 1.90. The van der Waals surface area contributed by atoms with Crippen LogP contribution in [0.25, 0.3) is 0 Å². The van der Waals surface area contributed by atoms with Gasteiger partial charge in [0.25, 0.3) is 0 Å². The standard InChI is InChI=1S/C20H23N5O/c1-4-15-10-8-9-13-17(15)21-20(26)22-18(16-11-6-5-7-12-16)19-24-23-14(2)25(19)3/h5-13,18H,4H2,1-3H3,(H2,21,22,26)/t18-/m1/s1. The van der Waals surface area contributed by atoms with Gasteiger partial charge in [-0.25, -0.2) is 4.79 Å². The highest BCUT2D eigenvalue weighted by Crippen LogP contribution is 2.21. The van der Waals surface area contributed by atoms with Crippen LogP contribution < -0.4 is 10.6 Å². The van der Waals surface area contributed by atoms with Gasteiger partial charge in [0.2, 0.25) is 0 Å². The minimum Gasteiger partial charge on any atom is -0.324 e. The summed E-state index contributed by atoms with van der Waals surface area (Å²) in [5.74, 6) is 1.48. The van der Waals surface area contributed by atoms with Crippen molar-refractivity contribution in [2.24, 2.45) is 7.05 Å². The lowest BCUT2D eigenvalue weighted by atomic mass is 10.1. The molecule has 0 unspecified atom stereocenters. The van der Waals surface area contributed by atoms with E-state index in [2.05, 4.69) is 27.8 Å². The second-order valence-electron chi connectivity index (χ2n) is 6.12. The number of hydrogen-bond donors (Lipinski definition) is 2. The van der Waals surface area contributed by atoms with E-state index in [0.717, 1.165) is 29.1 Å². The second kappa shape index (κ2) is 7.82. The molecule has 1 aromatic heterocycles. The van der Waals surface area contributed by atoms with Gasteiger partial charge in [0.1, 0.15) is 11.9 Å². The van der Waals surface area contributed by atoms with Gasteiger partial charge in [-0.05, 0) is 30.5 Å². The maximum Gasteiger partial charge on any atom is 0.320 e. The minimum atomic E-state index is -0.392. The topological polar surface area (TPSA) is 71.8 Å². The molecule has 0 aliphatic heterocycles. The van der Waals surface area contributed by atoms with Crippen LogP contribution in [0.2, 0.25) is 0 Å². The van der Waals surface area contributed by atoms with Gasteiger partial charge in [-0.1, -0.05) is 55.5 Å². The zero-order valence-corrected chi connectivity index (χ0v) is 15.2. The number of nitrogens with one attached hydrogen (secondary N) is 2. The second-order valence-corrected chi connectivity index (χ2v) is 6.12. The SMILES string of the molecule is CCc1ccccc1NC(=O)N[C@H](c1ccccc1)c1nnc(C)n1C. The monoisotopic (exact) mass is 349 g/mol. The van der Waals surface area contributed by atoms with Crippen molar-refractivity contribution in [3.8, 4) is 0 Å². The Morgan fingerprint density at radius 3 is 2.42 bits per heavy atom. The van der Waals surface area contributed by atoms with E-state index in [-0.39, 0.29) is 6.03 Å². The van der Waals surface area contributed by atoms with Crippen molar-refractivity contribution in [1.29, 1.82) is 0 Å². The Morgan fingerprint density at radius 2 is 1.77 bits per heavy atom. The molecular weight excluding hydrogens is 326 g/mol. The Balaban J connectivity index is 1.86. The molecule has 26 heavy (non-hydrogen) atoms. The molecule has 134 valence electrons. The molecule has 6 heteroatoms. The maximum absolute atomic E-state index is 12.7. The number of benzene rings is 2. The van der Waals surface area contributed by atoms with Crippen LogP contribution in [0.3, 0.4) is 0 Å². The van der Waals surface area contributed by atoms with Crippen molar-refractivity contribution < 1.29 is 4.79 Å². The van der Waals surface area contributed by atoms with E-state index in [4.69, 9.17) is 0 Å². The fourth-order valence-electron chi connectivity index (χ4n) is 2.86. The molecule has 2 amide bonds. The molecular formula is C20H23N5O. The van der Waals surface area contributed by atoms with Crippen LogP contribution in [0.5, 0.6) is 0 Å². The summed E-state index contributed by atoms with van der Waals surface area (Å²) in [6.45, 7) is 3.95. The highest BCUT2D eigenvalue weighted by atomic mass is 16.2. The van der Waals surface area contributed by atoms with Crippen LogP contribution in [-0.2, 0) is 13.5 Å². The smallest absolute Gasteiger partial charge is 0.320 e. The van der Waals surface area contributed by atoms with Crippen molar-refractivity contribution in [1.82, 2.24) is 20.1 Å². The molecule has 0 spiro atoms. The molecule has 6 nitrogen and oxygen atoms in total. The Morgan fingerprint density at radius 1 is 1.08 bits per heavy atom. The van der Waals surface area contributed by atoms with Crippen LogP contribution in [0.15, 0.2) is 54.6 Å². The molecule has 0 aliphatic carbocycles. The van der Waals surface area contributed by atoms with E-state index in [1.165, 1.54) is 0 Å². The largest absolute Gasteiger partial charge is 0.324 e. The first kappa shape index (κ1) is 17.7. The van der Waals surface area contributed by atoms with Crippen LogP contribution in [0.1, 0.15) is 35.7 Å². The summed E-state index contributed by atoms with van der Waals surface area (Å²) in [5.41, 5.74) is 2.85. The Hall–Kier alpha value is -3.15. The summed E-state index contributed by atoms with van der Waals surface area (Å²) < 4.78 is 1.89. The normalized spacial score (nSPS) is 11.8. The molecule has 0 aliphatic rings. The first-order chi connectivity index (χ1) is 12.6. The van der Waals surface area contributed by atoms with Gasteiger partial charge in [0, 0.05) is 12.7 Å². The van der Waals surface area contributed by atoms with Crippen LogP contribution in [0.4, 0.5) is 10.5 Å². The zero-order chi connectivity index (χ0) is 18.5. The number of hydrogen-bond acceptors (Lipinski definition) is 3. The van der Waals surface area contributed by atoms with Gasteiger partial charge in [0.15, 0.2) is 5.82 Å². The first-order valence-electron chi connectivity index (χ1n) is 8.66. The van der Waals surface area contributed by atoms with Crippen LogP contribution >= 0.6 is 0 Å². The Kier molecular flexibility index (Phi) is 5.31. The Labute approximate surface area is 153 Å². The summed E-state index contributed by atoms with van der Waals surface area (Å²) in [4.78, 5) is 12.7. The van der Waals surface area contributed by atoms with Crippen LogP contribution in [0, 0.1) is 6.92 Å². The number of anilines is 1. The highest BCUT2D eigenvalue weighted by Gasteiger charge is 2.22. The van der Waals surface area contributed by atoms with Crippen molar-refractivity contribution in [2.75, 3.05) is 5.32 Å². The fourth-order valence-corrected chi connectivity index (χ4v) is 2.86. The highest BCUT2D eigenvalue weighted by molar-refractivity contribution is 5.90. The molecule has 2 N–H and O–H groups in total. The average molecular weight is 349 g/mol. The van der Waals surface area contributed by atoms with Crippen molar-refractivity contribution in [3.05, 3.63) is 77.4 Å². The van der Waals surface area contributed by atoms with E-state index in [9.17, 15) is 4.79 Å². The first-order valence-corrected chi connectivity index (χ1v) is 8.66.